The van der Waals surface area contributed by atoms with Crippen molar-refractivity contribution in [2.75, 3.05) is 13.2 Å². The molecule has 138 valence electrons. The molecule has 5 nitrogen and oxygen atoms in total. The van der Waals surface area contributed by atoms with E-state index in [9.17, 15) is 22.8 Å². The molecule has 8 heteroatoms. The van der Waals surface area contributed by atoms with Gasteiger partial charge in [0.15, 0.2) is 0 Å². The van der Waals surface area contributed by atoms with E-state index in [-0.39, 0.29) is 6.61 Å². The molecule has 2 rings (SSSR count). The van der Waals surface area contributed by atoms with E-state index in [1.165, 1.54) is 24.3 Å². The van der Waals surface area contributed by atoms with Gasteiger partial charge >= 0.3 is 12.1 Å². The first-order valence-corrected chi connectivity index (χ1v) is 7.64. The summed E-state index contributed by atoms with van der Waals surface area (Å²) in [5, 5.41) is 10.7. The quantitative estimate of drug-likeness (QED) is 0.788. The predicted molar refractivity (Wildman–Crippen MR) is 87.1 cm³/mol. The Labute approximate surface area is 147 Å². The molecule has 0 bridgehead atoms. The standard InChI is InChI=1S/C18H16F3NO4/c19-18(20,21)14-5-1-12(2-6-14)9-10-26-15-7-3-13(4-8-15)17(25)22-11-16(23)24/h1-8H,9-11H2,(H,22,25)(H,23,24). The summed E-state index contributed by atoms with van der Waals surface area (Å²) < 4.78 is 43.0. The molecule has 2 N–H and O–H groups in total. The number of carboxylic acid groups (broad SMARTS) is 1. The second kappa shape index (κ2) is 8.37. The van der Waals surface area contributed by atoms with Crippen LogP contribution in [-0.2, 0) is 17.4 Å². The number of carbonyl (C=O) groups excluding carboxylic acids is 1. The summed E-state index contributed by atoms with van der Waals surface area (Å²) in [6, 6.07) is 11.0. The highest BCUT2D eigenvalue weighted by molar-refractivity contribution is 5.95. The lowest BCUT2D eigenvalue weighted by Crippen LogP contribution is -2.29. The predicted octanol–water partition coefficient (Wildman–Crippen LogP) is 3.14. The Balaban J connectivity index is 1.82. The van der Waals surface area contributed by atoms with Gasteiger partial charge in [0.1, 0.15) is 12.3 Å². The van der Waals surface area contributed by atoms with E-state index >= 15 is 0 Å². The fraction of sp³-hybridized carbons (Fsp3) is 0.222. The maximum Gasteiger partial charge on any atom is 0.416 e. The summed E-state index contributed by atoms with van der Waals surface area (Å²) >= 11 is 0. The average molecular weight is 367 g/mol. The molecule has 0 saturated carbocycles. The summed E-state index contributed by atoms with van der Waals surface area (Å²) in [7, 11) is 0. The van der Waals surface area contributed by atoms with Crippen molar-refractivity contribution in [3.63, 3.8) is 0 Å². The number of nitrogens with one attached hydrogen (secondary N) is 1. The molecule has 2 aromatic rings. The molecule has 0 heterocycles. The summed E-state index contributed by atoms with van der Waals surface area (Å²) in [5.74, 6) is -1.16. The van der Waals surface area contributed by atoms with Crippen molar-refractivity contribution in [2.45, 2.75) is 12.6 Å². The average Bonchev–Trinajstić information content (AvgIpc) is 2.60. The van der Waals surface area contributed by atoms with Crippen LogP contribution in [0.4, 0.5) is 13.2 Å². The van der Waals surface area contributed by atoms with Crippen molar-refractivity contribution in [3.8, 4) is 5.75 Å². The minimum atomic E-state index is -4.35. The normalized spacial score (nSPS) is 11.0. The number of carboxylic acids is 1. The Bertz CT molecular complexity index is 756. The third-order valence-corrected chi connectivity index (χ3v) is 3.46. The molecule has 0 spiro atoms. The molecule has 0 fully saturated rings. The summed E-state index contributed by atoms with van der Waals surface area (Å²) in [4.78, 5) is 22.1. The second-order valence-corrected chi connectivity index (χ2v) is 5.39. The zero-order valence-corrected chi connectivity index (χ0v) is 13.5. The lowest BCUT2D eigenvalue weighted by molar-refractivity contribution is -0.138. The first-order valence-electron chi connectivity index (χ1n) is 7.64. The van der Waals surface area contributed by atoms with Gasteiger partial charge in [0.2, 0.25) is 0 Å². The van der Waals surface area contributed by atoms with E-state index in [2.05, 4.69) is 5.32 Å². The van der Waals surface area contributed by atoms with Gasteiger partial charge in [-0.15, -0.1) is 0 Å². The number of ether oxygens (including phenoxy) is 1. The van der Waals surface area contributed by atoms with Crippen molar-refractivity contribution in [1.29, 1.82) is 0 Å². The van der Waals surface area contributed by atoms with E-state index in [0.717, 1.165) is 12.1 Å². The van der Waals surface area contributed by atoms with Gasteiger partial charge in [-0.3, -0.25) is 9.59 Å². The van der Waals surface area contributed by atoms with Crippen molar-refractivity contribution in [1.82, 2.24) is 5.32 Å². The minimum absolute atomic E-state index is 0.260. The molecule has 0 aliphatic rings. The molecule has 1 amide bonds. The van der Waals surface area contributed by atoms with Gasteiger partial charge in [0.25, 0.3) is 5.91 Å². The molecular formula is C18H16F3NO4. The smallest absolute Gasteiger partial charge is 0.416 e. The van der Waals surface area contributed by atoms with E-state index in [4.69, 9.17) is 9.84 Å². The first-order chi connectivity index (χ1) is 12.3. The van der Waals surface area contributed by atoms with Crippen LogP contribution in [0.25, 0.3) is 0 Å². The second-order valence-electron chi connectivity index (χ2n) is 5.39. The van der Waals surface area contributed by atoms with Gasteiger partial charge in [0, 0.05) is 12.0 Å². The number of carbonyl (C=O) groups is 2. The molecule has 2 aromatic carbocycles. The van der Waals surface area contributed by atoms with Crippen LogP contribution in [0.3, 0.4) is 0 Å². The van der Waals surface area contributed by atoms with Gasteiger partial charge in [-0.1, -0.05) is 12.1 Å². The summed E-state index contributed by atoms with van der Waals surface area (Å²) in [6.07, 6.45) is -3.92. The highest BCUT2D eigenvalue weighted by atomic mass is 19.4. The number of amides is 1. The number of benzene rings is 2. The summed E-state index contributed by atoms with van der Waals surface area (Å²) in [5.41, 5.74) is 0.308. The fourth-order valence-electron chi connectivity index (χ4n) is 2.11. The topological polar surface area (TPSA) is 75.6 Å². The van der Waals surface area contributed by atoms with Crippen LogP contribution >= 0.6 is 0 Å². The first kappa shape index (κ1) is 19.3. The van der Waals surface area contributed by atoms with Gasteiger partial charge < -0.3 is 15.2 Å². The zero-order valence-electron chi connectivity index (χ0n) is 13.5. The summed E-state index contributed by atoms with van der Waals surface area (Å²) in [6.45, 7) is -0.208. The van der Waals surface area contributed by atoms with Crippen LogP contribution in [0, 0.1) is 0 Å². The van der Waals surface area contributed by atoms with E-state index < -0.39 is 30.2 Å². The number of hydrogen-bond donors (Lipinski definition) is 2. The van der Waals surface area contributed by atoms with Crippen LogP contribution in [0.15, 0.2) is 48.5 Å². The lowest BCUT2D eigenvalue weighted by Gasteiger charge is -2.09. The van der Waals surface area contributed by atoms with Crippen LogP contribution in [0.5, 0.6) is 5.75 Å². The fourth-order valence-corrected chi connectivity index (χ4v) is 2.11. The largest absolute Gasteiger partial charge is 0.493 e. The Morgan fingerprint density at radius 1 is 1.00 bits per heavy atom. The number of aliphatic carboxylic acids is 1. The molecule has 0 saturated heterocycles. The molecule has 26 heavy (non-hydrogen) atoms. The van der Waals surface area contributed by atoms with Crippen LogP contribution in [0.1, 0.15) is 21.5 Å². The minimum Gasteiger partial charge on any atom is -0.493 e. The van der Waals surface area contributed by atoms with E-state index in [0.29, 0.717) is 23.3 Å². The Hall–Kier alpha value is -3.03. The van der Waals surface area contributed by atoms with E-state index in [1.54, 1.807) is 12.1 Å². The van der Waals surface area contributed by atoms with Gasteiger partial charge in [0.05, 0.1) is 12.2 Å². The molecule has 0 aliphatic carbocycles. The van der Waals surface area contributed by atoms with Crippen LogP contribution in [0.2, 0.25) is 0 Å². The van der Waals surface area contributed by atoms with Crippen molar-refractivity contribution < 1.29 is 32.6 Å². The SMILES string of the molecule is O=C(O)CNC(=O)c1ccc(OCCc2ccc(C(F)(F)F)cc2)cc1. The third kappa shape index (κ3) is 5.80. The van der Waals surface area contributed by atoms with Gasteiger partial charge in [-0.05, 0) is 42.0 Å². The van der Waals surface area contributed by atoms with Gasteiger partial charge in [-0.25, -0.2) is 0 Å². The van der Waals surface area contributed by atoms with Crippen LogP contribution in [-0.4, -0.2) is 30.1 Å². The monoisotopic (exact) mass is 367 g/mol. The lowest BCUT2D eigenvalue weighted by atomic mass is 10.1. The number of hydrogen-bond acceptors (Lipinski definition) is 3. The number of halogens is 3. The Morgan fingerprint density at radius 2 is 1.62 bits per heavy atom. The number of rotatable bonds is 7. The van der Waals surface area contributed by atoms with Crippen molar-refractivity contribution in [2.24, 2.45) is 0 Å². The van der Waals surface area contributed by atoms with Crippen molar-refractivity contribution >= 4 is 11.9 Å². The molecular weight excluding hydrogens is 351 g/mol. The number of alkyl halides is 3. The zero-order chi connectivity index (χ0) is 19.2. The van der Waals surface area contributed by atoms with E-state index in [1.807, 2.05) is 0 Å². The highest BCUT2D eigenvalue weighted by Gasteiger charge is 2.29. The molecule has 0 atom stereocenters. The highest BCUT2D eigenvalue weighted by Crippen LogP contribution is 2.29. The van der Waals surface area contributed by atoms with Gasteiger partial charge in [-0.2, -0.15) is 13.2 Å². The molecule has 0 unspecified atom stereocenters. The molecule has 0 aliphatic heterocycles. The molecule has 0 aromatic heterocycles. The maximum absolute atomic E-state index is 12.5. The maximum atomic E-state index is 12.5. The molecule has 0 radical (unpaired) electrons. The van der Waals surface area contributed by atoms with Crippen molar-refractivity contribution in [3.05, 3.63) is 65.2 Å². The third-order valence-electron chi connectivity index (χ3n) is 3.46. The van der Waals surface area contributed by atoms with Crippen LogP contribution < -0.4 is 10.1 Å². The Morgan fingerprint density at radius 3 is 2.15 bits per heavy atom. The Kier molecular flexibility index (Phi) is 6.21.